The van der Waals surface area contributed by atoms with Crippen molar-refractivity contribution in [2.75, 3.05) is 26.2 Å². The Hall–Kier alpha value is -2.17. The number of hydrogen-bond donors (Lipinski definition) is 3. The summed E-state index contributed by atoms with van der Waals surface area (Å²) in [5.41, 5.74) is 15.8. The van der Waals surface area contributed by atoms with E-state index in [4.69, 9.17) is 34.7 Å². The van der Waals surface area contributed by atoms with Crippen molar-refractivity contribution in [1.29, 1.82) is 0 Å². The highest BCUT2D eigenvalue weighted by Crippen LogP contribution is 2.42. The van der Waals surface area contributed by atoms with Crippen LogP contribution in [0, 0.1) is 0 Å². The number of carbonyl (C=O) groups is 1. The molecule has 4 rings (SSSR count). The lowest BCUT2D eigenvalue weighted by atomic mass is 9.92. The zero-order valence-corrected chi connectivity index (χ0v) is 23.2. The fraction of sp³-hybridized carbons (Fsp3) is 0.500. The summed E-state index contributed by atoms with van der Waals surface area (Å²) in [7, 11) is 0. The number of unbranched alkanes of at least 4 members (excludes halogenated alkanes) is 1. The lowest BCUT2D eigenvalue weighted by Crippen LogP contribution is -2.50. The smallest absolute Gasteiger partial charge is 0.353 e. The molecule has 6 nitrogen and oxygen atoms in total. The predicted octanol–water partition coefficient (Wildman–Crippen LogP) is 5.00. The van der Waals surface area contributed by atoms with E-state index in [9.17, 15) is 18.0 Å². The number of halogens is 5. The minimum absolute atomic E-state index is 0.0518. The van der Waals surface area contributed by atoms with E-state index in [2.05, 4.69) is 15.2 Å². The maximum Gasteiger partial charge on any atom is 0.434 e. The second kappa shape index (κ2) is 13.0. The second-order valence-electron chi connectivity index (χ2n) is 10.2. The number of aryl methyl sites for hydroxylation is 1. The number of benzene rings is 1. The van der Waals surface area contributed by atoms with Crippen LogP contribution in [-0.4, -0.2) is 54.1 Å². The molecular formula is C28H34Cl2F3N5O. The van der Waals surface area contributed by atoms with E-state index in [0.29, 0.717) is 49.6 Å². The van der Waals surface area contributed by atoms with Crippen LogP contribution in [0.3, 0.4) is 0 Å². The van der Waals surface area contributed by atoms with Crippen LogP contribution in [0.15, 0.2) is 35.9 Å². The molecule has 0 radical (unpaired) electrons. The molecule has 1 aliphatic heterocycles. The molecule has 1 amide bonds. The highest BCUT2D eigenvalue weighted by molar-refractivity contribution is 6.31. The van der Waals surface area contributed by atoms with Crippen LogP contribution in [0.4, 0.5) is 13.2 Å². The SMILES string of the molecule is NCCCC[C@H](N)C(=O)NCC1C2=C(CCN1CCCc1ccc(Cl)c(C(F)(F)F)n1)c1cc(Cl)ccc1C2. The van der Waals surface area contributed by atoms with Crippen molar-refractivity contribution in [3.05, 3.63) is 68.5 Å². The number of alkyl halides is 3. The predicted molar refractivity (Wildman–Crippen MR) is 149 cm³/mol. The van der Waals surface area contributed by atoms with Crippen LogP contribution in [0.5, 0.6) is 0 Å². The Morgan fingerprint density at radius 1 is 1.18 bits per heavy atom. The molecule has 0 fully saturated rings. The molecule has 1 aromatic carbocycles. The molecular weight excluding hydrogens is 550 g/mol. The zero-order valence-electron chi connectivity index (χ0n) is 21.7. The van der Waals surface area contributed by atoms with Crippen molar-refractivity contribution in [3.63, 3.8) is 0 Å². The molecule has 2 aromatic rings. The molecule has 0 saturated heterocycles. The fourth-order valence-electron chi connectivity index (χ4n) is 5.49. The molecule has 1 unspecified atom stereocenters. The number of carbonyl (C=O) groups excluding carboxylic acids is 1. The molecule has 1 aliphatic carbocycles. The Kier molecular flexibility index (Phi) is 9.93. The quantitative estimate of drug-likeness (QED) is 0.323. The van der Waals surface area contributed by atoms with Gasteiger partial charge in [0.25, 0.3) is 0 Å². The zero-order chi connectivity index (χ0) is 28.2. The van der Waals surface area contributed by atoms with Crippen LogP contribution < -0.4 is 16.8 Å². The van der Waals surface area contributed by atoms with E-state index in [-0.39, 0.29) is 11.9 Å². The van der Waals surface area contributed by atoms with Gasteiger partial charge in [0.15, 0.2) is 5.69 Å². The van der Waals surface area contributed by atoms with Crippen molar-refractivity contribution in [2.45, 2.75) is 63.2 Å². The molecule has 39 heavy (non-hydrogen) atoms. The Bertz CT molecular complexity index is 1220. The van der Waals surface area contributed by atoms with Crippen LogP contribution in [0.1, 0.15) is 54.6 Å². The summed E-state index contributed by atoms with van der Waals surface area (Å²) < 4.78 is 39.7. The largest absolute Gasteiger partial charge is 0.434 e. The highest BCUT2D eigenvalue weighted by atomic mass is 35.5. The molecule has 11 heteroatoms. The number of pyridine rings is 1. The van der Waals surface area contributed by atoms with Crippen molar-refractivity contribution in [3.8, 4) is 0 Å². The first-order valence-corrected chi connectivity index (χ1v) is 14.0. The van der Waals surface area contributed by atoms with Crippen LogP contribution in [0.25, 0.3) is 5.57 Å². The highest BCUT2D eigenvalue weighted by Gasteiger charge is 2.36. The van der Waals surface area contributed by atoms with Gasteiger partial charge in [-0.3, -0.25) is 9.69 Å². The summed E-state index contributed by atoms with van der Waals surface area (Å²) in [6.45, 7) is 2.37. The van der Waals surface area contributed by atoms with Gasteiger partial charge in [0.05, 0.1) is 11.1 Å². The number of nitrogens with one attached hydrogen (secondary N) is 1. The van der Waals surface area contributed by atoms with Gasteiger partial charge in [0.1, 0.15) is 0 Å². The Morgan fingerprint density at radius 3 is 2.72 bits per heavy atom. The van der Waals surface area contributed by atoms with Crippen LogP contribution in [0.2, 0.25) is 10.0 Å². The van der Waals surface area contributed by atoms with Gasteiger partial charge in [0.2, 0.25) is 5.91 Å². The topological polar surface area (TPSA) is 97.3 Å². The minimum atomic E-state index is -4.60. The first kappa shape index (κ1) is 29.8. The molecule has 212 valence electrons. The summed E-state index contributed by atoms with van der Waals surface area (Å²) in [6.07, 6.45) is 0.182. The number of rotatable bonds is 11. The number of hydrogen-bond acceptors (Lipinski definition) is 5. The number of aromatic nitrogens is 1. The summed E-state index contributed by atoms with van der Waals surface area (Å²) in [5, 5.41) is 3.33. The van der Waals surface area contributed by atoms with E-state index in [1.54, 1.807) is 0 Å². The van der Waals surface area contributed by atoms with Crippen LogP contribution >= 0.6 is 23.2 Å². The van der Waals surface area contributed by atoms with Gasteiger partial charge in [-0.05, 0) is 98.2 Å². The molecule has 0 spiro atoms. The van der Waals surface area contributed by atoms with Gasteiger partial charge in [-0.15, -0.1) is 0 Å². The average Bonchev–Trinajstić information content (AvgIpc) is 3.25. The first-order valence-electron chi connectivity index (χ1n) is 13.3. The van der Waals surface area contributed by atoms with Gasteiger partial charge in [-0.2, -0.15) is 13.2 Å². The summed E-state index contributed by atoms with van der Waals surface area (Å²) in [5.74, 6) is -0.191. The third-order valence-electron chi connectivity index (χ3n) is 7.48. The number of nitrogens with zero attached hydrogens (tertiary/aromatic N) is 2. The summed E-state index contributed by atoms with van der Waals surface area (Å²) >= 11 is 12.0. The average molecular weight is 585 g/mol. The molecule has 1 aromatic heterocycles. The molecule has 2 aliphatic rings. The van der Waals surface area contributed by atoms with E-state index in [1.165, 1.54) is 28.8 Å². The normalized spacial score (nSPS) is 18.2. The number of fused-ring (bicyclic) bond motifs is 2. The van der Waals surface area contributed by atoms with Crippen molar-refractivity contribution in [1.82, 2.24) is 15.2 Å². The molecule has 2 heterocycles. The lowest BCUT2D eigenvalue weighted by Gasteiger charge is -2.38. The third-order valence-corrected chi connectivity index (χ3v) is 8.02. The van der Waals surface area contributed by atoms with Gasteiger partial charge in [0, 0.05) is 29.8 Å². The number of nitrogens with two attached hydrogens (primary N) is 2. The maximum absolute atomic E-state index is 13.2. The van der Waals surface area contributed by atoms with E-state index in [0.717, 1.165) is 37.8 Å². The van der Waals surface area contributed by atoms with Gasteiger partial charge < -0.3 is 16.8 Å². The molecule has 0 bridgehead atoms. The summed E-state index contributed by atoms with van der Waals surface area (Å²) in [4.78, 5) is 18.8. The monoisotopic (exact) mass is 583 g/mol. The van der Waals surface area contributed by atoms with Gasteiger partial charge in [-0.25, -0.2) is 4.98 Å². The molecule has 0 saturated carbocycles. The van der Waals surface area contributed by atoms with Crippen molar-refractivity contribution >= 4 is 34.7 Å². The summed E-state index contributed by atoms with van der Waals surface area (Å²) in [6, 6.07) is 8.08. The first-order chi connectivity index (χ1) is 18.6. The van der Waals surface area contributed by atoms with Crippen LogP contribution in [-0.2, 0) is 23.8 Å². The number of amides is 1. The van der Waals surface area contributed by atoms with E-state index in [1.807, 2.05) is 18.2 Å². The van der Waals surface area contributed by atoms with Gasteiger partial charge >= 0.3 is 6.18 Å². The third kappa shape index (κ3) is 7.32. The fourth-order valence-corrected chi connectivity index (χ4v) is 5.87. The van der Waals surface area contributed by atoms with Crippen molar-refractivity contribution < 1.29 is 18.0 Å². The van der Waals surface area contributed by atoms with Crippen molar-refractivity contribution in [2.24, 2.45) is 11.5 Å². The van der Waals surface area contributed by atoms with Gasteiger partial charge in [-0.1, -0.05) is 35.7 Å². The van der Waals surface area contributed by atoms with E-state index >= 15 is 0 Å². The molecule has 5 N–H and O–H groups in total. The second-order valence-corrected chi connectivity index (χ2v) is 11.0. The molecule has 2 atom stereocenters. The minimum Gasteiger partial charge on any atom is -0.353 e. The standard InChI is InChI=1S/C28H34Cl2F3N5O/c29-18-7-6-17-14-22-20(21(17)15-18)10-13-38(25(22)16-36-27(39)24(35)5-1-2-11-34)12-3-4-19-8-9-23(30)26(37-19)28(31,32)33/h6-9,15,24-25H,1-5,10-14,16,34-35H2,(H,36,39)/t24-,25?/m0/s1. The Morgan fingerprint density at radius 2 is 1.97 bits per heavy atom. The van der Waals surface area contributed by atoms with E-state index < -0.39 is 22.9 Å². The maximum atomic E-state index is 13.2. The lowest BCUT2D eigenvalue weighted by molar-refractivity contribution is -0.141. The Balaban J connectivity index is 1.46. The Labute approximate surface area is 236 Å².